The molecule has 0 fully saturated rings. The predicted molar refractivity (Wildman–Crippen MR) is 70.0 cm³/mol. The van der Waals surface area contributed by atoms with Gasteiger partial charge in [0.25, 0.3) is 12.0 Å². The van der Waals surface area contributed by atoms with Gasteiger partial charge in [0.1, 0.15) is 0 Å². The molecule has 0 heterocycles. The lowest BCUT2D eigenvalue weighted by Gasteiger charge is -2.20. The summed E-state index contributed by atoms with van der Waals surface area (Å²) in [6.45, 7) is 6.33. The van der Waals surface area contributed by atoms with Crippen LogP contribution in [-0.2, 0) is 4.79 Å². The van der Waals surface area contributed by atoms with Crippen molar-refractivity contribution in [2.45, 2.75) is 19.6 Å². The van der Waals surface area contributed by atoms with Crippen molar-refractivity contribution in [3.63, 3.8) is 0 Å². The lowest BCUT2D eigenvalue weighted by Crippen LogP contribution is -2.43. The van der Waals surface area contributed by atoms with Gasteiger partial charge < -0.3 is 0 Å². The van der Waals surface area contributed by atoms with Crippen LogP contribution >= 0.6 is 11.6 Å². The van der Waals surface area contributed by atoms with E-state index in [4.69, 9.17) is 11.6 Å². The average molecular weight is 269 g/mol. The lowest BCUT2D eigenvalue weighted by molar-refractivity contribution is 0.0956. The maximum Gasteiger partial charge on any atom is 0.273 e. The van der Waals surface area contributed by atoms with Crippen LogP contribution in [0.5, 0.6) is 0 Å². The number of hydrogen-bond donors (Lipinski definition) is 1. The second-order valence-electron chi connectivity index (χ2n) is 4.56. The minimum atomic E-state index is -1.70. The Balaban J connectivity index is 3.30. The van der Waals surface area contributed by atoms with E-state index in [1.54, 1.807) is 6.07 Å². The molecule has 0 aliphatic heterocycles. The van der Waals surface area contributed by atoms with Gasteiger partial charge in [-0.15, -0.1) is 0 Å². The van der Waals surface area contributed by atoms with Crippen LogP contribution in [0.3, 0.4) is 0 Å². The number of rotatable bonds is 3. The highest BCUT2D eigenvalue weighted by atomic mass is 35.5. The molecule has 0 saturated carbocycles. The number of nitrogens with zero attached hydrogens (tertiary/aromatic N) is 1. The first-order valence-electron chi connectivity index (χ1n) is 5.04. The zero-order valence-corrected chi connectivity index (χ0v) is 11.6. The highest BCUT2D eigenvalue weighted by Crippen LogP contribution is 2.17. The van der Waals surface area contributed by atoms with Crippen LogP contribution in [0.4, 0.5) is 0 Å². The number of carbonyl (C=O) groups excluding carboxylic acids is 2. The van der Waals surface area contributed by atoms with Crippen molar-refractivity contribution in [1.82, 2.24) is 5.43 Å². The number of benzene rings is 1. The monoisotopic (exact) mass is 268 g/mol. The fraction of sp³-hybridized carbons (Fsp3) is 0.273. The maximum atomic E-state index is 11.8. The van der Waals surface area contributed by atoms with E-state index in [-0.39, 0.29) is 0 Å². The summed E-state index contributed by atoms with van der Waals surface area (Å²) in [6.07, 6.45) is 1.26. The Morgan fingerprint density at radius 2 is 2.06 bits per heavy atom. The molecule has 0 aromatic heterocycles. The highest BCUT2D eigenvalue weighted by molar-refractivity contribution is 6.89. The standard InChI is InChI=1S/C11H13ClN2O2Si/c1-17(2,3)9-6-4-5-8(12)10(9)11(16)14-13-7-15/h4-6H,1-3H3,(H,14,16). The Kier molecular flexibility index (Phi) is 4.23. The number of halogens is 1. The van der Waals surface area contributed by atoms with Crippen LogP contribution in [0, 0.1) is 0 Å². The summed E-state index contributed by atoms with van der Waals surface area (Å²) in [4.78, 5) is 21.8. The van der Waals surface area contributed by atoms with Crippen molar-refractivity contribution in [2.24, 2.45) is 5.10 Å². The zero-order chi connectivity index (χ0) is 13.1. The molecular weight excluding hydrogens is 256 g/mol. The quantitative estimate of drug-likeness (QED) is 0.394. The lowest BCUT2D eigenvalue weighted by atomic mass is 10.2. The minimum Gasteiger partial charge on any atom is -0.267 e. The Hall–Kier alpha value is -1.42. The molecule has 1 N–H and O–H groups in total. The molecule has 1 aromatic rings. The fourth-order valence-corrected chi connectivity index (χ4v) is 3.44. The molecule has 1 amide bonds. The summed E-state index contributed by atoms with van der Waals surface area (Å²) in [7, 11) is -1.70. The summed E-state index contributed by atoms with van der Waals surface area (Å²) in [5.41, 5.74) is 2.50. The van der Waals surface area contributed by atoms with Crippen LogP contribution in [-0.4, -0.2) is 20.1 Å². The zero-order valence-electron chi connectivity index (χ0n) is 9.87. The molecule has 4 nitrogen and oxygen atoms in total. The van der Waals surface area contributed by atoms with E-state index in [0.29, 0.717) is 10.6 Å². The maximum absolute atomic E-state index is 11.8. The van der Waals surface area contributed by atoms with E-state index in [1.165, 1.54) is 6.08 Å². The molecular formula is C11H13ClN2O2Si. The third kappa shape index (κ3) is 3.26. The van der Waals surface area contributed by atoms with Gasteiger partial charge in [-0.05, 0) is 11.3 Å². The number of carbonyl (C=O) groups is 1. The molecule has 1 aromatic carbocycles. The van der Waals surface area contributed by atoms with Gasteiger partial charge >= 0.3 is 0 Å². The van der Waals surface area contributed by atoms with Gasteiger partial charge in [-0.3, -0.25) is 4.79 Å². The highest BCUT2D eigenvalue weighted by Gasteiger charge is 2.25. The van der Waals surface area contributed by atoms with Gasteiger partial charge in [0, 0.05) is 0 Å². The Labute approximate surface area is 106 Å². The van der Waals surface area contributed by atoms with Crippen LogP contribution in [0.2, 0.25) is 24.7 Å². The topological polar surface area (TPSA) is 58.5 Å². The SMILES string of the molecule is C[Si](C)(C)c1cccc(Cl)c1C(=O)NN=C=O. The summed E-state index contributed by atoms with van der Waals surface area (Å²) in [6, 6.07) is 5.35. The van der Waals surface area contributed by atoms with E-state index in [1.807, 2.05) is 12.1 Å². The van der Waals surface area contributed by atoms with Crippen LogP contribution in [0.25, 0.3) is 0 Å². The van der Waals surface area contributed by atoms with Crippen molar-refractivity contribution < 1.29 is 9.59 Å². The van der Waals surface area contributed by atoms with E-state index >= 15 is 0 Å². The van der Waals surface area contributed by atoms with Crippen molar-refractivity contribution in [2.75, 3.05) is 0 Å². The number of hydrazone groups is 1. The van der Waals surface area contributed by atoms with Crippen molar-refractivity contribution >= 4 is 36.8 Å². The second kappa shape index (κ2) is 5.27. The van der Waals surface area contributed by atoms with Crippen LogP contribution in [0.15, 0.2) is 23.3 Å². The van der Waals surface area contributed by atoms with E-state index in [2.05, 4.69) is 30.2 Å². The van der Waals surface area contributed by atoms with Crippen LogP contribution < -0.4 is 10.6 Å². The molecule has 0 aliphatic carbocycles. The number of hydrogen-bond acceptors (Lipinski definition) is 3. The number of nitrogens with one attached hydrogen (secondary N) is 1. The van der Waals surface area contributed by atoms with Gasteiger partial charge in [0.2, 0.25) is 0 Å². The predicted octanol–water partition coefficient (Wildman–Crippen LogP) is 1.87. The van der Waals surface area contributed by atoms with Gasteiger partial charge in [-0.2, -0.15) is 0 Å². The van der Waals surface area contributed by atoms with Gasteiger partial charge in [0.05, 0.1) is 18.7 Å². The van der Waals surface area contributed by atoms with Gasteiger partial charge in [0.15, 0.2) is 0 Å². The molecule has 1 rings (SSSR count). The molecule has 0 radical (unpaired) electrons. The van der Waals surface area contributed by atoms with Crippen molar-refractivity contribution in [1.29, 1.82) is 0 Å². The fourth-order valence-electron chi connectivity index (χ4n) is 1.51. The van der Waals surface area contributed by atoms with Gasteiger partial charge in [-0.1, -0.05) is 48.5 Å². The normalized spacial score (nSPS) is 10.6. The minimum absolute atomic E-state index is 0.364. The summed E-state index contributed by atoms with van der Waals surface area (Å²) in [5.74, 6) is -0.476. The largest absolute Gasteiger partial charge is 0.273 e. The van der Waals surface area contributed by atoms with Gasteiger partial charge in [-0.25, -0.2) is 10.2 Å². The molecule has 0 saturated heterocycles. The Bertz CT molecular complexity index is 491. The molecule has 0 aliphatic rings. The van der Waals surface area contributed by atoms with E-state index in [0.717, 1.165) is 5.19 Å². The first-order valence-corrected chi connectivity index (χ1v) is 8.92. The molecule has 0 unspecified atom stereocenters. The molecule has 90 valence electrons. The van der Waals surface area contributed by atoms with E-state index in [9.17, 15) is 9.59 Å². The van der Waals surface area contributed by atoms with E-state index < -0.39 is 14.0 Å². The third-order valence-corrected chi connectivity index (χ3v) is 4.60. The molecule has 17 heavy (non-hydrogen) atoms. The summed E-state index contributed by atoms with van der Waals surface area (Å²) >= 11 is 6.03. The molecule has 0 spiro atoms. The van der Waals surface area contributed by atoms with Crippen LogP contribution in [0.1, 0.15) is 10.4 Å². The third-order valence-electron chi connectivity index (χ3n) is 2.25. The smallest absolute Gasteiger partial charge is 0.267 e. The Morgan fingerprint density at radius 1 is 1.41 bits per heavy atom. The summed E-state index contributed by atoms with van der Waals surface area (Å²) in [5, 5.41) is 4.36. The number of isocyanates is 1. The first-order chi connectivity index (χ1) is 7.88. The molecule has 6 heteroatoms. The van der Waals surface area contributed by atoms with Crippen molar-refractivity contribution in [3.8, 4) is 0 Å². The second-order valence-corrected chi connectivity index (χ2v) is 10.0. The first kappa shape index (κ1) is 13.6. The van der Waals surface area contributed by atoms with Crippen molar-refractivity contribution in [3.05, 3.63) is 28.8 Å². The molecule has 0 bridgehead atoms. The summed E-state index contributed by atoms with van der Waals surface area (Å²) < 4.78 is 0. The average Bonchev–Trinajstić information content (AvgIpc) is 2.24. The Morgan fingerprint density at radius 3 is 2.59 bits per heavy atom. The number of amides is 1. The molecule has 0 atom stereocenters.